The first-order valence-corrected chi connectivity index (χ1v) is 10.5. The van der Waals surface area contributed by atoms with E-state index in [-0.39, 0.29) is 17.9 Å². The highest BCUT2D eigenvalue weighted by atomic mass is 16.2. The Balaban J connectivity index is 1.47. The van der Waals surface area contributed by atoms with Crippen LogP contribution in [0, 0.1) is 19.8 Å². The van der Waals surface area contributed by atoms with Gasteiger partial charge in [0.25, 0.3) is 0 Å². The Morgan fingerprint density at radius 3 is 2.77 bits per heavy atom. The maximum absolute atomic E-state index is 12.5. The van der Waals surface area contributed by atoms with E-state index in [2.05, 4.69) is 39.5 Å². The molecule has 162 valence electrons. The monoisotopic (exact) mass is 419 g/mol. The van der Waals surface area contributed by atoms with Crippen molar-refractivity contribution in [2.75, 3.05) is 22.6 Å². The molecule has 0 spiro atoms. The fourth-order valence-electron chi connectivity index (χ4n) is 4.08. The van der Waals surface area contributed by atoms with E-state index in [9.17, 15) is 4.79 Å². The van der Waals surface area contributed by atoms with Crippen molar-refractivity contribution < 1.29 is 4.79 Å². The van der Waals surface area contributed by atoms with Crippen molar-refractivity contribution >= 4 is 23.1 Å². The normalized spacial score (nSPS) is 15.7. The van der Waals surface area contributed by atoms with E-state index >= 15 is 0 Å². The van der Waals surface area contributed by atoms with Crippen LogP contribution in [0.5, 0.6) is 0 Å². The largest absolute Gasteiger partial charge is 0.366 e. The van der Waals surface area contributed by atoms with Crippen LogP contribution in [-0.4, -0.2) is 38.7 Å². The number of aryl methyl sites for hydroxylation is 2. The summed E-state index contributed by atoms with van der Waals surface area (Å²) in [6.07, 6.45) is 3.87. The van der Waals surface area contributed by atoms with Crippen LogP contribution in [0.2, 0.25) is 0 Å². The molecule has 0 saturated heterocycles. The molecule has 0 aromatic carbocycles. The Morgan fingerprint density at radius 1 is 1.23 bits per heavy atom. The minimum Gasteiger partial charge on any atom is -0.366 e. The number of aromatic nitrogens is 4. The van der Waals surface area contributed by atoms with E-state index in [0.717, 1.165) is 39.8 Å². The number of nitrogens with zero attached hydrogens (tertiary/aromatic N) is 5. The summed E-state index contributed by atoms with van der Waals surface area (Å²) in [6, 6.07) is 7.80. The van der Waals surface area contributed by atoms with Gasteiger partial charge in [0.05, 0.1) is 35.5 Å². The molecule has 8 heteroatoms. The zero-order chi connectivity index (χ0) is 22.1. The molecule has 1 amide bonds. The van der Waals surface area contributed by atoms with E-state index in [0.29, 0.717) is 13.1 Å². The summed E-state index contributed by atoms with van der Waals surface area (Å²) in [7, 11) is 1.97. The molecule has 4 heterocycles. The van der Waals surface area contributed by atoms with Crippen molar-refractivity contribution in [1.82, 2.24) is 19.7 Å². The van der Waals surface area contributed by atoms with E-state index in [1.165, 1.54) is 0 Å². The quantitative estimate of drug-likeness (QED) is 0.637. The predicted octanol–water partition coefficient (Wildman–Crippen LogP) is 3.36. The third-order valence-corrected chi connectivity index (χ3v) is 5.56. The fourth-order valence-corrected chi connectivity index (χ4v) is 4.08. The highest BCUT2D eigenvalue weighted by Crippen LogP contribution is 2.36. The summed E-state index contributed by atoms with van der Waals surface area (Å²) in [5, 5.41) is 10.9. The number of rotatable bonds is 6. The predicted molar refractivity (Wildman–Crippen MR) is 122 cm³/mol. The first-order chi connectivity index (χ1) is 14.8. The zero-order valence-electron chi connectivity index (χ0n) is 18.7. The number of amides is 1. The van der Waals surface area contributed by atoms with E-state index < -0.39 is 0 Å². The van der Waals surface area contributed by atoms with E-state index in [1.807, 2.05) is 67.1 Å². The number of carbonyl (C=O) groups excluding carboxylic acids is 1. The van der Waals surface area contributed by atoms with Gasteiger partial charge >= 0.3 is 0 Å². The highest BCUT2D eigenvalue weighted by Gasteiger charge is 2.34. The van der Waals surface area contributed by atoms with Gasteiger partial charge in [-0.15, -0.1) is 0 Å². The van der Waals surface area contributed by atoms with Gasteiger partial charge in [-0.2, -0.15) is 5.10 Å². The van der Waals surface area contributed by atoms with Crippen LogP contribution in [-0.2, 0) is 17.9 Å². The number of anilines is 3. The fraction of sp³-hybridized carbons (Fsp3) is 0.391. The Labute approximate surface area is 182 Å². The Bertz CT molecular complexity index is 1110. The Hall–Kier alpha value is -3.42. The van der Waals surface area contributed by atoms with Crippen LogP contribution in [0.3, 0.4) is 0 Å². The second-order valence-corrected chi connectivity index (χ2v) is 8.45. The number of nitrogens with one attached hydrogen (secondary N) is 2. The molecule has 0 saturated carbocycles. The lowest BCUT2D eigenvalue weighted by Gasteiger charge is -2.38. The molecule has 1 atom stereocenters. The lowest BCUT2D eigenvalue weighted by atomic mass is 9.98. The number of hydrogen-bond acceptors (Lipinski definition) is 6. The molecule has 8 nitrogen and oxygen atoms in total. The number of fused-ring (bicyclic) bond motifs is 1. The molecule has 3 aromatic heterocycles. The summed E-state index contributed by atoms with van der Waals surface area (Å²) in [6.45, 7) is 9.27. The summed E-state index contributed by atoms with van der Waals surface area (Å²) in [5.41, 5.74) is 5.61. The zero-order valence-corrected chi connectivity index (χ0v) is 18.7. The average molecular weight is 420 g/mol. The standard InChI is InChI=1S/C23H29N7O/c1-14(2)22-23(31)28-21-16(4)27-20(9-19(21)29(22)5)24-10-17-11-25-30(12-17)13-18-8-6-7-15(3)26-18/h6-9,11-12,14,22H,10,13H2,1-5H3,(H,24,27)(H,28,31). The molecule has 0 aliphatic carbocycles. The number of carbonyl (C=O) groups is 1. The second-order valence-electron chi connectivity index (χ2n) is 8.45. The van der Waals surface area contributed by atoms with Gasteiger partial charge in [0.1, 0.15) is 11.9 Å². The van der Waals surface area contributed by atoms with Crippen molar-refractivity contribution in [3.05, 3.63) is 59.3 Å². The van der Waals surface area contributed by atoms with Crippen molar-refractivity contribution in [3.63, 3.8) is 0 Å². The topological polar surface area (TPSA) is 88.0 Å². The smallest absolute Gasteiger partial charge is 0.247 e. The van der Waals surface area contributed by atoms with Gasteiger partial charge in [-0.25, -0.2) is 4.98 Å². The first-order valence-electron chi connectivity index (χ1n) is 10.5. The van der Waals surface area contributed by atoms with Gasteiger partial charge in [-0.3, -0.25) is 14.5 Å². The summed E-state index contributed by atoms with van der Waals surface area (Å²) in [4.78, 5) is 23.7. The second kappa shape index (κ2) is 8.37. The maximum atomic E-state index is 12.5. The third-order valence-electron chi connectivity index (χ3n) is 5.56. The molecular formula is C23H29N7O. The number of pyridine rings is 2. The molecular weight excluding hydrogens is 390 g/mol. The summed E-state index contributed by atoms with van der Waals surface area (Å²) < 4.78 is 1.89. The lowest BCUT2D eigenvalue weighted by Crippen LogP contribution is -2.49. The van der Waals surface area contributed by atoms with Crippen LogP contribution >= 0.6 is 0 Å². The van der Waals surface area contributed by atoms with Gasteiger partial charge < -0.3 is 15.5 Å². The summed E-state index contributed by atoms with van der Waals surface area (Å²) >= 11 is 0. The average Bonchev–Trinajstić information content (AvgIpc) is 3.14. The molecule has 31 heavy (non-hydrogen) atoms. The minimum absolute atomic E-state index is 0.0196. The molecule has 1 unspecified atom stereocenters. The molecule has 2 N–H and O–H groups in total. The Morgan fingerprint density at radius 2 is 2.03 bits per heavy atom. The van der Waals surface area contributed by atoms with Crippen LogP contribution in [0.4, 0.5) is 17.2 Å². The molecule has 3 aromatic rings. The first kappa shape index (κ1) is 20.8. The van der Waals surface area contributed by atoms with Crippen LogP contribution in [0.25, 0.3) is 0 Å². The third kappa shape index (κ3) is 4.38. The molecule has 1 aliphatic rings. The maximum Gasteiger partial charge on any atom is 0.247 e. The van der Waals surface area contributed by atoms with E-state index in [1.54, 1.807) is 0 Å². The van der Waals surface area contributed by atoms with Gasteiger partial charge in [-0.1, -0.05) is 19.9 Å². The number of likely N-dealkylation sites (N-methyl/N-ethyl adjacent to an activating group) is 1. The molecule has 1 aliphatic heterocycles. The lowest BCUT2D eigenvalue weighted by molar-refractivity contribution is -0.118. The van der Waals surface area contributed by atoms with Crippen molar-refractivity contribution in [1.29, 1.82) is 0 Å². The van der Waals surface area contributed by atoms with Gasteiger partial charge in [-0.05, 0) is 31.9 Å². The molecule has 0 bridgehead atoms. The number of hydrogen-bond donors (Lipinski definition) is 2. The van der Waals surface area contributed by atoms with Crippen LogP contribution < -0.4 is 15.5 Å². The molecule has 0 radical (unpaired) electrons. The van der Waals surface area contributed by atoms with Crippen molar-refractivity contribution in [3.8, 4) is 0 Å². The minimum atomic E-state index is -0.199. The SMILES string of the molecule is Cc1cccc(Cn2cc(CNc3cc4c(c(C)n3)NC(=O)C(C(C)C)N4C)cn2)n1. The summed E-state index contributed by atoms with van der Waals surface area (Å²) in [5.74, 6) is 0.998. The van der Waals surface area contributed by atoms with Gasteiger partial charge in [0, 0.05) is 37.1 Å². The van der Waals surface area contributed by atoms with Gasteiger partial charge in [0.2, 0.25) is 5.91 Å². The Kier molecular flexibility index (Phi) is 5.63. The molecule has 4 rings (SSSR count). The molecule has 0 fully saturated rings. The van der Waals surface area contributed by atoms with Crippen molar-refractivity contribution in [2.24, 2.45) is 5.92 Å². The van der Waals surface area contributed by atoms with E-state index in [4.69, 9.17) is 0 Å². The van der Waals surface area contributed by atoms with Crippen LogP contribution in [0.15, 0.2) is 36.7 Å². The van der Waals surface area contributed by atoms with Crippen molar-refractivity contribution in [2.45, 2.75) is 46.8 Å². The van der Waals surface area contributed by atoms with Gasteiger partial charge in [0.15, 0.2) is 0 Å². The van der Waals surface area contributed by atoms with Crippen LogP contribution in [0.1, 0.15) is 36.5 Å². The highest BCUT2D eigenvalue weighted by molar-refractivity contribution is 6.04.